The summed E-state index contributed by atoms with van der Waals surface area (Å²) < 4.78 is 6.27. The molecule has 1 aliphatic carbocycles. The number of benzene rings is 3. The van der Waals surface area contributed by atoms with Crippen LogP contribution in [-0.4, -0.2) is 33.9 Å². The van der Waals surface area contributed by atoms with Crippen LogP contribution in [0.2, 0.25) is 0 Å². The van der Waals surface area contributed by atoms with E-state index in [-0.39, 0.29) is 22.5 Å². The van der Waals surface area contributed by atoms with Crippen molar-refractivity contribution in [2.24, 2.45) is 11.8 Å². The van der Waals surface area contributed by atoms with Gasteiger partial charge >= 0.3 is 0 Å². The zero-order valence-corrected chi connectivity index (χ0v) is 18.9. The van der Waals surface area contributed by atoms with Gasteiger partial charge in [0.1, 0.15) is 0 Å². The van der Waals surface area contributed by atoms with Gasteiger partial charge in [-0.1, -0.05) is 48.5 Å². The van der Waals surface area contributed by atoms with Crippen molar-refractivity contribution in [3.63, 3.8) is 0 Å². The van der Waals surface area contributed by atoms with E-state index in [0.29, 0.717) is 5.56 Å². The van der Waals surface area contributed by atoms with Crippen LogP contribution in [0.5, 0.6) is 0 Å². The topological polar surface area (TPSA) is 124 Å². The van der Waals surface area contributed by atoms with Crippen LogP contribution < -0.4 is 4.90 Å². The lowest BCUT2D eigenvalue weighted by Crippen LogP contribution is -2.51. The largest absolute Gasteiger partial charge is 0.349 e. The van der Waals surface area contributed by atoms with Gasteiger partial charge in [0, 0.05) is 23.3 Å². The molecule has 2 saturated heterocycles. The molecule has 3 atom stereocenters. The molecular weight excluding hydrogens is 464 g/mol. The third-order valence-corrected chi connectivity index (χ3v) is 7.33. The Hall–Kier alpha value is -4.50. The van der Waals surface area contributed by atoms with Gasteiger partial charge in [-0.2, -0.15) is 0 Å². The molecule has 2 amide bonds. The number of hydrogen-bond donors (Lipinski definition) is 0. The van der Waals surface area contributed by atoms with Gasteiger partial charge in [-0.3, -0.25) is 29.3 Å². The van der Waals surface area contributed by atoms with Crippen molar-refractivity contribution in [1.82, 2.24) is 0 Å². The molecule has 36 heavy (non-hydrogen) atoms. The number of anilines is 1. The van der Waals surface area contributed by atoms with E-state index in [4.69, 9.17) is 4.74 Å². The second-order valence-corrected chi connectivity index (χ2v) is 9.12. The highest BCUT2D eigenvalue weighted by molar-refractivity contribution is 6.37. The minimum Gasteiger partial charge on any atom is -0.349 e. The van der Waals surface area contributed by atoms with E-state index in [1.807, 2.05) is 19.1 Å². The number of nitro groups is 1. The molecule has 2 aliphatic heterocycles. The molecule has 0 N–H and O–H groups in total. The van der Waals surface area contributed by atoms with Crippen LogP contribution in [0.3, 0.4) is 0 Å². The van der Waals surface area contributed by atoms with Crippen molar-refractivity contribution in [2.75, 3.05) is 4.90 Å². The summed E-state index contributed by atoms with van der Waals surface area (Å²) in [5.41, 5.74) is -0.549. The number of imide groups is 1. The second-order valence-electron chi connectivity index (χ2n) is 9.12. The van der Waals surface area contributed by atoms with E-state index in [1.54, 1.807) is 24.3 Å². The molecule has 2 fully saturated rings. The summed E-state index contributed by atoms with van der Waals surface area (Å²) in [5.74, 6) is -5.15. The average molecular weight is 482 g/mol. The number of carbonyl (C=O) groups is 4. The van der Waals surface area contributed by atoms with Crippen molar-refractivity contribution in [2.45, 2.75) is 18.6 Å². The van der Waals surface area contributed by atoms with E-state index >= 15 is 0 Å². The van der Waals surface area contributed by atoms with Crippen LogP contribution in [0, 0.1) is 28.9 Å². The molecule has 0 unspecified atom stereocenters. The van der Waals surface area contributed by atoms with Gasteiger partial charge in [-0.25, -0.2) is 4.90 Å². The molecule has 178 valence electrons. The molecule has 9 heteroatoms. The molecule has 9 nitrogen and oxygen atoms in total. The monoisotopic (exact) mass is 482 g/mol. The Balaban J connectivity index is 1.53. The van der Waals surface area contributed by atoms with E-state index in [1.165, 1.54) is 36.4 Å². The number of fused-ring (bicyclic) bond motifs is 3. The quantitative estimate of drug-likeness (QED) is 0.242. The van der Waals surface area contributed by atoms with Crippen LogP contribution in [-0.2, 0) is 14.3 Å². The van der Waals surface area contributed by atoms with Gasteiger partial charge in [-0.15, -0.1) is 0 Å². The van der Waals surface area contributed by atoms with E-state index in [2.05, 4.69) is 0 Å². The van der Waals surface area contributed by atoms with Crippen LogP contribution in [0.25, 0.3) is 0 Å². The molecule has 3 aliphatic rings. The highest BCUT2D eigenvalue weighted by Crippen LogP contribution is 2.58. The predicted octanol–water partition coefficient (Wildman–Crippen LogP) is 3.60. The maximum Gasteiger partial charge on any atom is 0.269 e. The number of amides is 2. The Bertz CT molecular complexity index is 1480. The Kier molecular flexibility index (Phi) is 4.58. The highest BCUT2D eigenvalue weighted by atomic mass is 16.6. The Morgan fingerprint density at radius 3 is 2.00 bits per heavy atom. The van der Waals surface area contributed by atoms with Crippen LogP contribution in [0.1, 0.15) is 37.9 Å². The molecule has 0 aromatic heterocycles. The predicted molar refractivity (Wildman–Crippen MR) is 125 cm³/mol. The van der Waals surface area contributed by atoms with E-state index in [9.17, 15) is 29.3 Å². The lowest BCUT2D eigenvalue weighted by Gasteiger charge is -2.27. The molecule has 3 aromatic carbocycles. The third-order valence-electron chi connectivity index (χ3n) is 7.33. The van der Waals surface area contributed by atoms with E-state index in [0.717, 1.165) is 10.5 Å². The number of nitro benzene ring substituents is 1. The number of Topliss-reactive ketones (excluding diaryl/α,β-unsaturated/α-hetero) is 2. The minimum absolute atomic E-state index is 0.124. The SMILES string of the molecule is Cc1ccccc1[C@@H]1OC2(C(=O)c3ccccc3C2=O)[C@H]2C(=O)N(c3ccc([N+](=O)[O-])cc3)C(=O)[C@H]12. The Labute approximate surface area is 204 Å². The number of non-ortho nitro benzene ring substituents is 1. The van der Waals surface area contributed by atoms with Crippen LogP contribution in [0.4, 0.5) is 11.4 Å². The van der Waals surface area contributed by atoms with E-state index < -0.39 is 51.8 Å². The summed E-state index contributed by atoms with van der Waals surface area (Å²) in [4.78, 5) is 66.6. The first kappa shape index (κ1) is 22.0. The van der Waals surface area contributed by atoms with Gasteiger partial charge in [0.15, 0.2) is 0 Å². The zero-order chi connectivity index (χ0) is 25.4. The number of carbonyl (C=O) groups excluding carboxylic acids is 4. The number of ketones is 2. The molecule has 0 bridgehead atoms. The fourth-order valence-electron chi connectivity index (χ4n) is 5.68. The molecule has 0 radical (unpaired) electrons. The number of rotatable bonds is 3. The summed E-state index contributed by atoms with van der Waals surface area (Å²) in [5, 5.41) is 11.1. The number of ether oxygens (including phenoxy) is 1. The van der Waals surface area contributed by atoms with Crippen molar-refractivity contribution in [3.05, 3.63) is 105 Å². The van der Waals surface area contributed by atoms with Gasteiger partial charge in [0.05, 0.1) is 28.6 Å². The van der Waals surface area contributed by atoms with Gasteiger partial charge < -0.3 is 4.74 Å². The van der Waals surface area contributed by atoms with Gasteiger partial charge in [0.2, 0.25) is 29.0 Å². The van der Waals surface area contributed by atoms with Gasteiger partial charge in [0.25, 0.3) is 5.69 Å². The van der Waals surface area contributed by atoms with Crippen molar-refractivity contribution >= 4 is 34.8 Å². The van der Waals surface area contributed by atoms with Crippen LogP contribution >= 0.6 is 0 Å². The normalized spacial score (nSPS) is 23.9. The first-order valence-electron chi connectivity index (χ1n) is 11.3. The summed E-state index contributed by atoms with van der Waals surface area (Å²) in [6.07, 6.45) is -1.02. The summed E-state index contributed by atoms with van der Waals surface area (Å²) in [6, 6.07) is 18.4. The van der Waals surface area contributed by atoms with Crippen molar-refractivity contribution in [1.29, 1.82) is 0 Å². The molecule has 0 saturated carbocycles. The number of aryl methyl sites for hydroxylation is 1. The molecule has 6 rings (SSSR count). The third kappa shape index (κ3) is 2.68. The Morgan fingerprint density at radius 1 is 0.833 bits per heavy atom. The number of nitrogens with zero attached hydrogens (tertiary/aromatic N) is 2. The highest BCUT2D eigenvalue weighted by Gasteiger charge is 2.74. The summed E-state index contributed by atoms with van der Waals surface area (Å²) in [7, 11) is 0. The molecular formula is C27H18N2O7. The Morgan fingerprint density at radius 2 is 1.42 bits per heavy atom. The fourth-order valence-corrected chi connectivity index (χ4v) is 5.68. The average Bonchev–Trinajstić information content (AvgIpc) is 3.44. The smallest absolute Gasteiger partial charge is 0.269 e. The molecule has 2 heterocycles. The first-order valence-corrected chi connectivity index (χ1v) is 11.3. The fraction of sp³-hybridized carbons (Fsp3) is 0.185. The zero-order valence-electron chi connectivity index (χ0n) is 18.9. The lowest BCUT2D eigenvalue weighted by atomic mass is 9.77. The first-order chi connectivity index (χ1) is 17.3. The van der Waals surface area contributed by atoms with Gasteiger partial charge in [-0.05, 0) is 30.2 Å². The summed E-state index contributed by atoms with van der Waals surface area (Å²) in [6.45, 7) is 1.82. The molecule has 3 aromatic rings. The number of hydrogen-bond acceptors (Lipinski definition) is 7. The second kappa shape index (κ2) is 7.50. The minimum atomic E-state index is -2.16. The maximum atomic E-state index is 13.9. The van der Waals surface area contributed by atoms with Crippen molar-refractivity contribution < 1.29 is 28.8 Å². The van der Waals surface area contributed by atoms with Crippen molar-refractivity contribution in [3.8, 4) is 0 Å². The lowest BCUT2D eigenvalue weighted by molar-refractivity contribution is -0.384. The maximum absolute atomic E-state index is 13.9. The van der Waals surface area contributed by atoms with Crippen LogP contribution in [0.15, 0.2) is 72.8 Å². The molecule has 1 spiro atoms. The summed E-state index contributed by atoms with van der Waals surface area (Å²) >= 11 is 0. The standard InChI is InChI=1S/C27H18N2O7/c1-14-6-2-3-7-17(14)22-20-21(27(36-22)23(30)18-8-4-5-9-19(18)24(27)31)26(33)28(25(20)32)15-10-12-16(13-11-15)29(34)35/h2-13,20-22H,1H3/t20-,21+,22-/m0/s1.